The number of nitrogens with zero attached hydrogens (tertiary/aromatic N) is 2. The summed E-state index contributed by atoms with van der Waals surface area (Å²) in [4.78, 5) is 53.3. The van der Waals surface area contributed by atoms with Gasteiger partial charge in [-0.2, -0.15) is 0 Å². The van der Waals surface area contributed by atoms with Gasteiger partial charge in [0, 0.05) is 5.56 Å². The van der Waals surface area contributed by atoms with E-state index in [0.29, 0.717) is 17.7 Å². The summed E-state index contributed by atoms with van der Waals surface area (Å²) in [6.07, 6.45) is 1.85. The van der Waals surface area contributed by atoms with Crippen molar-refractivity contribution in [2.24, 2.45) is 5.92 Å². The molecule has 0 saturated carbocycles. The fraction of sp³-hybridized carbons (Fsp3) is 0.121. The summed E-state index contributed by atoms with van der Waals surface area (Å²) in [5.74, 6) is -4.05. The molecule has 1 aliphatic rings. The summed E-state index contributed by atoms with van der Waals surface area (Å²) in [7, 11) is 0. The molecule has 2 unspecified atom stereocenters. The zero-order valence-electron chi connectivity index (χ0n) is 22.0. The van der Waals surface area contributed by atoms with E-state index in [-0.39, 0.29) is 5.78 Å². The number of imide groups is 2. The van der Waals surface area contributed by atoms with Crippen LogP contribution < -0.4 is 15.2 Å². The molecule has 8 heteroatoms. The van der Waals surface area contributed by atoms with Crippen LogP contribution in [0.2, 0.25) is 0 Å². The average molecular weight is 544 g/mol. The molecule has 4 aromatic carbocycles. The Bertz CT molecular complexity index is 1730. The van der Waals surface area contributed by atoms with Gasteiger partial charge in [0.25, 0.3) is 0 Å². The molecule has 4 amide bonds. The van der Waals surface area contributed by atoms with Crippen molar-refractivity contribution in [1.82, 2.24) is 15.2 Å². The van der Waals surface area contributed by atoms with Gasteiger partial charge in [0.1, 0.15) is 12.6 Å². The Balaban J connectivity index is 1.60. The van der Waals surface area contributed by atoms with Crippen LogP contribution in [-0.2, 0) is 16.1 Å². The Kier molecular flexibility index (Phi) is 6.95. The van der Waals surface area contributed by atoms with E-state index in [4.69, 9.17) is 0 Å². The molecule has 1 aliphatic heterocycles. The van der Waals surface area contributed by atoms with Gasteiger partial charge in [0.15, 0.2) is 22.7 Å². The maximum Gasteiger partial charge on any atom is 0.328 e. The molecule has 5 aromatic rings. The predicted octanol–water partition coefficient (Wildman–Crippen LogP) is 4.17. The Morgan fingerprint density at radius 2 is 1.29 bits per heavy atom. The average Bonchev–Trinajstić information content (AvgIpc) is 3.35. The van der Waals surface area contributed by atoms with E-state index in [1.54, 1.807) is 24.3 Å². The number of benzene rings is 4. The molecule has 202 valence electrons. The number of fused-ring (bicyclic) bond motifs is 1. The molecule has 2 atom stereocenters. The Morgan fingerprint density at radius 3 is 1.95 bits per heavy atom. The molecule has 0 radical (unpaired) electrons. The van der Waals surface area contributed by atoms with Gasteiger partial charge in [-0.1, -0.05) is 103 Å². The van der Waals surface area contributed by atoms with E-state index in [2.05, 4.69) is 10.6 Å². The number of ketones is 1. The first-order chi connectivity index (χ1) is 20.0. The number of hydrogen-bond acceptors (Lipinski definition) is 4. The summed E-state index contributed by atoms with van der Waals surface area (Å²) in [5.41, 5.74) is 3.78. The van der Waals surface area contributed by atoms with Crippen molar-refractivity contribution >= 4 is 34.7 Å². The maximum atomic E-state index is 14.4. The Hall–Kier alpha value is -5.37. The van der Waals surface area contributed by atoms with Crippen LogP contribution in [-0.4, -0.2) is 28.2 Å². The van der Waals surface area contributed by atoms with Crippen molar-refractivity contribution in [3.63, 3.8) is 0 Å². The Morgan fingerprint density at radius 1 is 0.732 bits per heavy atom. The number of para-hydroxylation sites is 2. The third kappa shape index (κ3) is 5.03. The molecule has 2 N–H and O–H groups in total. The Labute approximate surface area is 236 Å². The van der Waals surface area contributed by atoms with E-state index >= 15 is 0 Å². The number of Topliss-reactive ketones (excluding diaryl/α,β-unsaturated/α-hetero) is 1. The molecule has 1 aromatic heterocycles. The topological polar surface area (TPSA) is 101 Å². The first-order valence-electron chi connectivity index (χ1n) is 13.3. The lowest BCUT2D eigenvalue weighted by Crippen LogP contribution is -2.58. The van der Waals surface area contributed by atoms with Crippen molar-refractivity contribution in [3.8, 4) is 0 Å². The summed E-state index contributed by atoms with van der Waals surface area (Å²) < 4.78 is 3.88. The van der Waals surface area contributed by atoms with Crippen LogP contribution in [0.15, 0.2) is 122 Å². The van der Waals surface area contributed by atoms with E-state index in [1.807, 2.05) is 106 Å². The van der Waals surface area contributed by atoms with Gasteiger partial charge in [0.05, 0.1) is 5.92 Å². The van der Waals surface area contributed by atoms with Crippen LogP contribution in [0, 0.1) is 5.92 Å². The lowest BCUT2D eigenvalue weighted by atomic mass is 9.77. The van der Waals surface area contributed by atoms with Crippen LogP contribution in [0.25, 0.3) is 11.0 Å². The lowest BCUT2D eigenvalue weighted by molar-refractivity contribution is -0.663. The molecule has 41 heavy (non-hydrogen) atoms. The van der Waals surface area contributed by atoms with Crippen molar-refractivity contribution in [3.05, 3.63) is 138 Å². The van der Waals surface area contributed by atoms with Crippen molar-refractivity contribution in [2.75, 3.05) is 0 Å². The maximum absolute atomic E-state index is 14.4. The number of imidazole rings is 1. The number of hydrogen-bond donors (Lipinski definition) is 2. The summed E-state index contributed by atoms with van der Waals surface area (Å²) in [6.45, 7) is 0.533. The second-order valence-corrected chi connectivity index (χ2v) is 10.0. The highest BCUT2D eigenvalue weighted by Crippen LogP contribution is 2.40. The van der Waals surface area contributed by atoms with Crippen molar-refractivity contribution in [1.29, 1.82) is 0 Å². The number of barbiturate groups is 1. The van der Waals surface area contributed by atoms with E-state index in [9.17, 15) is 19.2 Å². The van der Waals surface area contributed by atoms with Gasteiger partial charge in [-0.15, -0.1) is 0 Å². The second kappa shape index (κ2) is 11.0. The number of carbonyl (C=O) groups is 4. The standard InChI is InChI=1S/C33H26N4O4/c38-30(24-16-8-3-9-17-24)27(23-14-6-2-7-15-23)29(28-31(39)34-33(41)35-32(28)40)37-21-36(20-22-12-4-1-5-13-22)25-18-10-11-19-26(25)37/h1-19,21,27-29H,20H2,(H-,34,35,39,40,41)/p+1. The van der Waals surface area contributed by atoms with Crippen LogP contribution in [0.5, 0.6) is 0 Å². The van der Waals surface area contributed by atoms with Gasteiger partial charge in [-0.25, -0.2) is 13.9 Å². The third-order valence-electron chi connectivity index (χ3n) is 7.47. The lowest BCUT2D eigenvalue weighted by Gasteiger charge is -2.31. The monoisotopic (exact) mass is 543 g/mol. The predicted molar refractivity (Wildman–Crippen MR) is 152 cm³/mol. The number of nitrogens with one attached hydrogen (secondary N) is 2. The minimum absolute atomic E-state index is 0.244. The molecule has 8 nitrogen and oxygen atoms in total. The number of rotatable bonds is 8. The minimum Gasteiger partial charge on any atom is -0.293 e. The van der Waals surface area contributed by atoms with E-state index < -0.39 is 35.7 Å². The highest BCUT2D eigenvalue weighted by Gasteiger charge is 2.50. The van der Waals surface area contributed by atoms with Gasteiger partial charge < -0.3 is 0 Å². The second-order valence-electron chi connectivity index (χ2n) is 10.0. The molecule has 0 spiro atoms. The van der Waals surface area contributed by atoms with Crippen molar-refractivity contribution < 1.29 is 23.7 Å². The highest BCUT2D eigenvalue weighted by molar-refractivity contribution is 6.17. The normalized spacial score (nSPS) is 15.3. The van der Waals surface area contributed by atoms with Gasteiger partial charge in [-0.05, 0) is 23.3 Å². The van der Waals surface area contributed by atoms with Gasteiger partial charge in [-0.3, -0.25) is 25.0 Å². The number of carbonyl (C=O) groups excluding carboxylic acids is 4. The first-order valence-corrected chi connectivity index (χ1v) is 13.3. The van der Waals surface area contributed by atoms with Crippen molar-refractivity contribution in [2.45, 2.75) is 18.5 Å². The quantitative estimate of drug-likeness (QED) is 0.174. The van der Waals surface area contributed by atoms with Crippen LogP contribution >= 0.6 is 0 Å². The molecule has 6 rings (SSSR count). The number of urea groups is 1. The highest BCUT2D eigenvalue weighted by atomic mass is 16.2. The summed E-state index contributed by atoms with van der Waals surface area (Å²) in [5, 5.41) is 4.50. The third-order valence-corrected chi connectivity index (χ3v) is 7.47. The van der Waals surface area contributed by atoms with Gasteiger partial charge in [0.2, 0.25) is 18.1 Å². The number of aromatic nitrogens is 2. The first kappa shape index (κ1) is 25.9. The van der Waals surface area contributed by atoms with E-state index in [0.717, 1.165) is 16.6 Å². The molecule has 0 bridgehead atoms. The zero-order chi connectivity index (χ0) is 28.3. The fourth-order valence-corrected chi connectivity index (χ4v) is 5.64. The van der Waals surface area contributed by atoms with Crippen LogP contribution in [0.3, 0.4) is 0 Å². The molecule has 2 heterocycles. The van der Waals surface area contributed by atoms with E-state index in [1.165, 1.54) is 0 Å². The molecule has 0 aliphatic carbocycles. The number of amides is 4. The fourth-order valence-electron chi connectivity index (χ4n) is 5.64. The SMILES string of the molecule is O=C1NC(=O)C(C(C(C(=O)c2ccccc2)c2ccccc2)n2c[n+](Cc3ccccc3)c3ccccc32)C(=O)N1. The summed E-state index contributed by atoms with van der Waals surface area (Å²) >= 11 is 0. The molecular weight excluding hydrogens is 516 g/mol. The minimum atomic E-state index is -1.37. The summed E-state index contributed by atoms with van der Waals surface area (Å²) in [6, 6.07) is 33.7. The molecule has 1 saturated heterocycles. The van der Waals surface area contributed by atoms with Crippen LogP contribution in [0.4, 0.5) is 4.79 Å². The zero-order valence-corrected chi connectivity index (χ0v) is 22.0. The molecular formula is C33H27N4O4+. The smallest absolute Gasteiger partial charge is 0.293 e. The van der Waals surface area contributed by atoms with Crippen LogP contribution in [0.1, 0.15) is 33.4 Å². The largest absolute Gasteiger partial charge is 0.328 e. The van der Waals surface area contributed by atoms with Gasteiger partial charge >= 0.3 is 6.03 Å². The molecule has 1 fully saturated rings.